The highest BCUT2D eigenvalue weighted by molar-refractivity contribution is 6.90. The number of ether oxygens (including phenoxy) is 1. The Labute approximate surface area is 242 Å². The molecule has 0 aliphatic carbocycles. The average molecular weight is 568 g/mol. The van der Waals surface area contributed by atoms with E-state index >= 15 is 4.39 Å². The molecule has 8 heteroatoms. The molecule has 1 heterocycles. The first kappa shape index (κ1) is 32.2. The van der Waals surface area contributed by atoms with Gasteiger partial charge in [0, 0.05) is 21.9 Å². The number of benzene rings is 2. The third kappa shape index (κ3) is 6.12. The van der Waals surface area contributed by atoms with Gasteiger partial charge in [0.2, 0.25) is 0 Å². The summed E-state index contributed by atoms with van der Waals surface area (Å²) in [5, 5.41) is 3.66. The molecule has 40 heavy (non-hydrogen) atoms. The molecular formula is C32H47BFNO4Si. The Morgan fingerprint density at radius 3 is 2.00 bits per heavy atom. The van der Waals surface area contributed by atoms with Gasteiger partial charge in [-0.25, -0.2) is 9.18 Å². The number of hydrogen-bond acceptors (Lipinski definition) is 4. The third-order valence-corrected chi connectivity index (χ3v) is 14.8. The van der Waals surface area contributed by atoms with E-state index in [-0.39, 0.29) is 5.75 Å². The van der Waals surface area contributed by atoms with Crippen LogP contribution in [0, 0.1) is 17.3 Å². The minimum atomic E-state index is -2.06. The molecule has 1 N–H and O–H groups in total. The monoisotopic (exact) mass is 567 g/mol. The summed E-state index contributed by atoms with van der Waals surface area (Å²) in [4.78, 5) is 12.6. The lowest BCUT2D eigenvalue weighted by atomic mass is 9.74. The molecule has 1 amide bonds. The summed E-state index contributed by atoms with van der Waals surface area (Å²) < 4.78 is 34.4. The topological polar surface area (TPSA) is 56.8 Å². The van der Waals surface area contributed by atoms with E-state index in [2.05, 4.69) is 58.3 Å². The van der Waals surface area contributed by atoms with Crippen LogP contribution >= 0.6 is 0 Å². The van der Waals surface area contributed by atoms with Crippen LogP contribution in [0.1, 0.15) is 95.6 Å². The molecule has 0 radical (unpaired) electrons. The molecule has 2 aromatic rings. The van der Waals surface area contributed by atoms with Crippen molar-refractivity contribution in [2.24, 2.45) is 0 Å². The first-order valence-electron chi connectivity index (χ1n) is 14.4. The Hall–Kier alpha value is -2.34. The molecule has 5 nitrogen and oxygen atoms in total. The SMILES string of the molecule is CC(C)[Si](C#Cc1cccc2c(F)c(OC(=O)NC(C)(C)C)cc(B3OC(C)(C)C(C)(C)O3)c12)(C(C)C)C(C)C. The molecule has 0 bridgehead atoms. The van der Waals surface area contributed by atoms with Gasteiger partial charge in [-0.1, -0.05) is 59.6 Å². The van der Waals surface area contributed by atoms with Crippen molar-refractivity contribution in [1.29, 1.82) is 0 Å². The minimum absolute atomic E-state index is 0.181. The van der Waals surface area contributed by atoms with Gasteiger partial charge in [0.15, 0.2) is 11.6 Å². The maximum absolute atomic E-state index is 16.0. The van der Waals surface area contributed by atoms with E-state index in [4.69, 9.17) is 14.0 Å². The zero-order chi connectivity index (χ0) is 30.4. The maximum Gasteiger partial charge on any atom is 0.495 e. The first-order chi connectivity index (χ1) is 18.2. The molecule has 0 unspecified atom stereocenters. The second kappa shape index (κ2) is 11.2. The summed E-state index contributed by atoms with van der Waals surface area (Å²) in [6.45, 7) is 27.0. The lowest BCUT2D eigenvalue weighted by Crippen LogP contribution is -2.43. The van der Waals surface area contributed by atoms with Gasteiger partial charge in [-0.05, 0) is 82.7 Å². The van der Waals surface area contributed by atoms with Gasteiger partial charge >= 0.3 is 13.2 Å². The lowest BCUT2D eigenvalue weighted by Gasteiger charge is -2.38. The zero-order valence-corrected chi connectivity index (χ0v) is 27.6. The van der Waals surface area contributed by atoms with Gasteiger partial charge in [0.05, 0.1) is 11.2 Å². The van der Waals surface area contributed by atoms with Gasteiger partial charge < -0.3 is 19.4 Å². The summed E-state index contributed by atoms with van der Waals surface area (Å²) in [6.07, 6.45) is -0.733. The molecule has 1 aliphatic heterocycles. The standard InChI is InChI=1S/C32H47BFNO4Si/c1-20(2)40(21(3)4,22(5)6)18-17-23-15-14-16-24-27(23)25(33-38-31(10,11)32(12,13)39-33)19-26(28(24)34)37-29(36)35-30(7,8)9/h14-16,19-22H,1-13H3,(H,35,36). The van der Waals surface area contributed by atoms with Crippen molar-refractivity contribution in [1.82, 2.24) is 5.32 Å². The fourth-order valence-electron chi connectivity index (χ4n) is 5.83. The van der Waals surface area contributed by atoms with E-state index < -0.39 is 43.8 Å². The molecule has 1 saturated heterocycles. The molecule has 2 aromatic carbocycles. The Morgan fingerprint density at radius 2 is 1.52 bits per heavy atom. The van der Waals surface area contributed by atoms with E-state index in [0.29, 0.717) is 38.4 Å². The fourth-order valence-corrected chi connectivity index (χ4v) is 11.0. The lowest BCUT2D eigenvalue weighted by molar-refractivity contribution is 0.00578. The van der Waals surface area contributed by atoms with Crippen LogP contribution in [0.15, 0.2) is 24.3 Å². The van der Waals surface area contributed by atoms with Crippen molar-refractivity contribution < 1.29 is 23.2 Å². The van der Waals surface area contributed by atoms with Crippen LogP contribution in [0.25, 0.3) is 10.8 Å². The highest BCUT2D eigenvalue weighted by atomic mass is 28.3. The van der Waals surface area contributed by atoms with Gasteiger partial charge in [0.1, 0.15) is 8.07 Å². The second-order valence-electron chi connectivity index (χ2n) is 14.0. The summed E-state index contributed by atoms with van der Waals surface area (Å²) in [6, 6.07) is 6.95. The number of halogens is 1. The van der Waals surface area contributed by atoms with Crippen LogP contribution in [-0.2, 0) is 9.31 Å². The average Bonchev–Trinajstić information content (AvgIpc) is 3.00. The van der Waals surface area contributed by atoms with Gasteiger partial charge in [-0.3, -0.25) is 0 Å². The largest absolute Gasteiger partial charge is 0.495 e. The van der Waals surface area contributed by atoms with Crippen LogP contribution in [0.2, 0.25) is 16.6 Å². The van der Waals surface area contributed by atoms with Crippen molar-refractivity contribution >= 4 is 37.5 Å². The zero-order valence-electron chi connectivity index (χ0n) is 26.6. The van der Waals surface area contributed by atoms with E-state index in [0.717, 1.165) is 0 Å². The van der Waals surface area contributed by atoms with Crippen LogP contribution in [0.3, 0.4) is 0 Å². The van der Waals surface area contributed by atoms with E-state index in [9.17, 15) is 4.79 Å². The predicted octanol–water partition coefficient (Wildman–Crippen LogP) is 7.73. The number of carbonyl (C=O) groups excluding carboxylic acids is 1. The highest BCUT2D eigenvalue weighted by Crippen LogP contribution is 2.41. The number of rotatable bonds is 5. The minimum Gasteiger partial charge on any atom is -0.407 e. The molecule has 0 atom stereocenters. The molecule has 218 valence electrons. The molecule has 0 spiro atoms. The first-order valence-corrected chi connectivity index (χ1v) is 16.6. The summed E-state index contributed by atoms with van der Waals surface area (Å²) >= 11 is 0. The van der Waals surface area contributed by atoms with Crippen molar-refractivity contribution in [3.05, 3.63) is 35.6 Å². The Morgan fingerprint density at radius 1 is 1.00 bits per heavy atom. The quantitative estimate of drug-likeness (QED) is 0.297. The number of carbonyl (C=O) groups is 1. The van der Waals surface area contributed by atoms with Gasteiger partial charge in [-0.15, -0.1) is 5.54 Å². The van der Waals surface area contributed by atoms with Gasteiger partial charge in [-0.2, -0.15) is 0 Å². The van der Waals surface area contributed by atoms with E-state index in [1.807, 2.05) is 54.5 Å². The Kier molecular flexibility index (Phi) is 8.97. The molecule has 1 fully saturated rings. The molecule has 1 aliphatic rings. The van der Waals surface area contributed by atoms with Crippen LogP contribution in [-0.4, -0.2) is 38.0 Å². The summed E-state index contributed by atoms with van der Waals surface area (Å²) in [5.74, 6) is 2.71. The van der Waals surface area contributed by atoms with Gasteiger partial charge in [0.25, 0.3) is 0 Å². The number of nitrogens with one attached hydrogen (secondary N) is 1. The summed E-state index contributed by atoms with van der Waals surface area (Å²) in [7, 11) is -2.86. The third-order valence-electron chi connectivity index (χ3n) is 8.56. The summed E-state index contributed by atoms with van der Waals surface area (Å²) in [5.41, 5.74) is 4.67. The van der Waals surface area contributed by atoms with Crippen molar-refractivity contribution in [3.63, 3.8) is 0 Å². The maximum atomic E-state index is 16.0. The Balaban J connectivity index is 2.31. The number of fused-ring (bicyclic) bond motifs is 1. The molecule has 0 saturated carbocycles. The van der Waals surface area contributed by atoms with Crippen LogP contribution < -0.4 is 15.5 Å². The number of amides is 1. The normalized spacial score (nSPS) is 17.0. The van der Waals surface area contributed by atoms with Crippen molar-refractivity contribution in [2.75, 3.05) is 0 Å². The molecule has 3 rings (SSSR count). The predicted molar refractivity (Wildman–Crippen MR) is 166 cm³/mol. The fraction of sp³-hybridized carbons (Fsp3) is 0.594. The highest BCUT2D eigenvalue weighted by Gasteiger charge is 2.52. The van der Waals surface area contributed by atoms with Crippen LogP contribution in [0.4, 0.5) is 9.18 Å². The Bertz CT molecular complexity index is 1300. The van der Waals surface area contributed by atoms with Crippen molar-refractivity contribution in [3.8, 4) is 17.2 Å². The molecule has 0 aromatic heterocycles. The second-order valence-corrected chi connectivity index (χ2v) is 19.6. The van der Waals surface area contributed by atoms with E-state index in [1.54, 1.807) is 12.1 Å². The van der Waals surface area contributed by atoms with E-state index in [1.165, 1.54) is 6.07 Å². The van der Waals surface area contributed by atoms with Crippen LogP contribution in [0.5, 0.6) is 5.75 Å². The van der Waals surface area contributed by atoms with Crippen molar-refractivity contribution in [2.45, 2.75) is 123 Å². The smallest absolute Gasteiger partial charge is 0.407 e. The molecular weight excluding hydrogens is 520 g/mol. The number of hydrogen-bond donors (Lipinski definition) is 1.